The van der Waals surface area contributed by atoms with Gasteiger partial charge in [0.1, 0.15) is 23.9 Å². The Morgan fingerprint density at radius 3 is 2.72 bits per heavy atom. The quantitative estimate of drug-likeness (QED) is 0.826. The van der Waals surface area contributed by atoms with E-state index in [2.05, 4.69) is 10.2 Å². The van der Waals surface area contributed by atoms with Crippen LogP contribution < -0.4 is 5.32 Å². The summed E-state index contributed by atoms with van der Waals surface area (Å²) in [6, 6.07) is 7.27. The van der Waals surface area contributed by atoms with Gasteiger partial charge in [0.2, 0.25) is 0 Å². The summed E-state index contributed by atoms with van der Waals surface area (Å²) in [6.45, 7) is 5.67. The SMILES string of the molecule is COCc1ccc(C(=O)NCC(c2ccc(C)o2)N2CCOCC2)o1. The molecule has 1 saturated heterocycles. The zero-order valence-electron chi connectivity index (χ0n) is 14.6. The van der Waals surface area contributed by atoms with E-state index in [0.29, 0.717) is 32.1 Å². The van der Waals surface area contributed by atoms with Gasteiger partial charge in [-0.25, -0.2) is 0 Å². The van der Waals surface area contributed by atoms with Crippen LogP contribution in [0.1, 0.15) is 33.9 Å². The summed E-state index contributed by atoms with van der Waals surface area (Å²) in [4.78, 5) is 14.6. The molecule has 0 spiro atoms. The number of methoxy groups -OCH3 is 1. The molecule has 0 aliphatic carbocycles. The Balaban J connectivity index is 1.66. The molecule has 1 aliphatic heterocycles. The van der Waals surface area contributed by atoms with E-state index in [9.17, 15) is 4.79 Å². The number of carbonyl (C=O) groups is 1. The molecule has 1 N–H and O–H groups in total. The number of morpholine rings is 1. The molecule has 2 aromatic rings. The Kier molecular flexibility index (Phi) is 5.91. The highest BCUT2D eigenvalue weighted by Gasteiger charge is 2.26. The number of ether oxygens (including phenoxy) is 2. The molecule has 1 unspecified atom stereocenters. The van der Waals surface area contributed by atoms with Gasteiger partial charge in [-0.05, 0) is 31.2 Å². The molecule has 25 heavy (non-hydrogen) atoms. The van der Waals surface area contributed by atoms with Crippen molar-refractivity contribution in [3.8, 4) is 0 Å². The summed E-state index contributed by atoms with van der Waals surface area (Å²) in [5.41, 5.74) is 0. The predicted molar refractivity (Wildman–Crippen MR) is 90.3 cm³/mol. The van der Waals surface area contributed by atoms with E-state index in [1.54, 1.807) is 19.2 Å². The van der Waals surface area contributed by atoms with E-state index < -0.39 is 0 Å². The second-order valence-electron chi connectivity index (χ2n) is 6.02. The summed E-state index contributed by atoms with van der Waals surface area (Å²) in [5.74, 6) is 2.36. The van der Waals surface area contributed by atoms with Crippen LogP contribution in [-0.2, 0) is 16.1 Å². The van der Waals surface area contributed by atoms with Crippen LogP contribution in [0, 0.1) is 6.92 Å². The average Bonchev–Trinajstić information content (AvgIpc) is 3.26. The molecule has 136 valence electrons. The maximum absolute atomic E-state index is 12.4. The predicted octanol–water partition coefficient (Wildman–Crippen LogP) is 2.13. The van der Waals surface area contributed by atoms with Crippen molar-refractivity contribution in [3.05, 3.63) is 47.3 Å². The number of nitrogens with zero attached hydrogens (tertiary/aromatic N) is 1. The van der Waals surface area contributed by atoms with E-state index in [1.807, 2.05) is 19.1 Å². The first-order chi connectivity index (χ1) is 12.2. The molecule has 7 heteroatoms. The van der Waals surface area contributed by atoms with Crippen molar-refractivity contribution in [1.82, 2.24) is 10.2 Å². The number of aryl methyl sites for hydroxylation is 1. The van der Waals surface area contributed by atoms with Crippen molar-refractivity contribution in [3.63, 3.8) is 0 Å². The lowest BCUT2D eigenvalue weighted by Gasteiger charge is -2.33. The average molecular weight is 348 g/mol. The minimum absolute atomic E-state index is 0.0324. The van der Waals surface area contributed by atoms with Gasteiger partial charge in [-0.15, -0.1) is 0 Å². The molecule has 1 fully saturated rings. The number of hydrogen-bond acceptors (Lipinski definition) is 6. The molecule has 0 aromatic carbocycles. The number of amides is 1. The first kappa shape index (κ1) is 17.7. The van der Waals surface area contributed by atoms with Gasteiger partial charge in [-0.3, -0.25) is 9.69 Å². The molecule has 3 heterocycles. The lowest BCUT2D eigenvalue weighted by Crippen LogP contribution is -2.43. The summed E-state index contributed by atoms with van der Waals surface area (Å²) in [7, 11) is 1.58. The molecular weight excluding hydrogens is 324 g/mol. The lowest BCUT2D eigenvalue weighted by molar-refractivity contribution is 0.0116. The van der Waals surface area contributed by atoms with Crippen LogP contribution in [0.15, 0.2) is 33.1 Å². The highest BCUT2D eigenvalue weighted by Crippen LogP contribution is 2.23. The van der Waals surface area contributed by atoms with Crippen LogP contribution in [0.3, 0.4) is 0 Å². The van der Waals surface area contributed by atoms with Crippen LogP contribution in [0.4, 0.5) is 0 Å². The Morgan fingerprint density at radius 1 is 1.24 bits per heavy atom. The number of furan rings is 2. The molecule has 1 amide bonds. The summed E-state index contributed by atoms with van der Waals surface area (Å²) in [5, 5.41) is 2.94. The van der Waals surface area contributed by atoms with Crippen LogP contribution in [0.5, 0.6) is 0 Å². The van der Waals surface area contributed by atoms with E-state index in [-0.39, 0.29) is 17.7 Å². The van der Waals surface area contributed by atoms with Crippen molar-refractivity contribution < 1.29 is 23.1 Å². The van der Waals surface area contributed by atoms with Gasteiger partial charge in [-0.1, -0.05) is 0 Å². The fourth-order valence-electron chi connectivity index (χ4n) is 2.93. The van der Waals surface area contributed by atoms with Crippen molar-refractivity contribution in [2.24, 2.45) is 0 Å². The van der Waals surface area contributed by atoms with Crippen LogP contribution in [-0.4, -0.2) is 50.8 Å². The lowest BCUT2D eigenvalue weighted by atomic mass is 10.1. The van der Waals surface area contributed by atoms with Crippen molar-refractivity contribution in [2.75, 3.05) is 40.0 Å². The van der Waals surface area contributed by atoms with Crippen LogP contribution >= 0.6 is 0 Å². The Labute approximate surface area is 146 Å². The molecule has 0 saturated carbocycles. The van der Waals surface area contributed by atoms with Gasteiger partial charge in [0.15, 0.2) is 5.76 Å². The van der Waals surface area contributed by atoms with Gasteiger partial charge in [0.05, 0.1) is 19.3 Å². The maximum Gasteiger partial charge on any atom is 0.287 e. The monoisotopic (exact) mass is 348 g/mol. The standard InChI is InChI=1S/C18H24N2O5/c1-13-3-5-16(24-13)15(20-7-9-23-10-8-20)11-19-18(21)17-6-4-14(25-17)12-22-2/h3-6,15H,7-12H2,1-2H3,(H,19,21). The maximum atomic E-state index is 12.4. The zero-order chi connectivity index (χ0) is 17.6. The summed E-state index contributed by atoms with van der Waals surface area (Å²) >= 11 is 0. The van der Waals surface area contributed by atoms with E-state index in [4.69, 9.17) is 18.3 Å². The van der Waals surface area contributed by atoms with Crippen molar-refractivity contribution >= 4 is 5.91 Å². The first-order valence-corrected chi connectivity index (χ1v) is 8.41. The second kappa shape index (κ2) is 8.33. The molecule has 7 nitrogen and oxygen atoms in total. The molecule has 1 atom stereocenters. The largest absolute Gasteiger partial charge is 0.465 e. The van der Waals surface area contributed by atoms with Gasteiger partial charge in [0.25, 0.3) is 5.91 Å². The molecule has 2 aromatic heterocycles. The number of rotatable bonds is 7. The van der Waals surface area contributed by atoms with Crippen molar-refractivity contribution in [1.29, 1.82) is 0 Å². The minimum Gasteiger partial charge on any atom is -0.465 e. The van der Waals surface area contributed by atoms with E-state index >= 15 is 0 Å². The fourth-order valence-corrected chi connectivity index (χ4v) is 2.93. The second-order valence-corrected chi connectivity index (χ2v) is 6.02. The minimum atomic E-state index is -0.246. The zero-order valence-corrected chi connectivity index (χ0v) is 14.6. The third-order valence-electron chi connectivity index (χ3n) is 4.20. The van der Waals surface area contributed by atoms with Gasteiger partial charge >= 0.3 is 0 Å². The number of carbonyl (C=O) groups excluding carboxylic acids is 1. The third kappa shape index (κ3) is 4.50. The van der Waals surface area contributed by atoms with Gasteiger partial charge in [-0.2, -0.15) is 0 Å². The molecule has 0 bridgehead atoms. The van der Waals surface area contributed by atoms with Crippen LogP contribution in [0.25, 0.3) is 0 Å². The van der Waals surface area contributed by atoms with Crippen LogP contribution in [0.2, 0.25) is 0 Å². The molecule has 1 aliphatic rings. The third-order valence-corrected chi connectivity index (χ3v) is 4.20. The van der Waals surface area contributed by atoms with Crippen molar-refractivity contribution in [2.45, 2.75) is 19.6 Å². The highest BCUT2D eigenvalue weighted by molar-refractivity contribution is 5.91. The van der Waals surface area contributed by atoms with Gasteiger partial charge < -0.3 is 23.6 Å². The topological polar surface area (TPSA) is 77.1 Å². The first-order valence-electron chi connectivity index (χ1n) is 8.41. The Hall–Kier alpha value is -2.09. The highest BCUT2D eigenvalue weighted by atomic mass is 16.5. The van der Waals surface area contributed by atoms with E-state index in [1.165, 1.54) is 0 Å². The molecule has 0 radical (unpaired) electrons. The molecular formula is C18H24N2O5. The Morgan fingerprint density at radius 2 is 2.04 bits per heavy atom. The Bertz CT molecular complexity index is 687. The van der Waals surface area contributed by atoms with E-state index in [0.717, 1.165) is 24.6 Å². The number of hydrogen-bond donors (Lipinski definition) is 1. The molecule has 3 rings (SSSR count). The van der Waals surface area contributed by atoms with Gasteiger partial charge in [0, 0.05) is 26.7 Å². The summed E-state index contributed by atoms with van der Waals surface area (Å²) < 4.78 is 21.7. The smallest absolute Gasteiger partial charge is 0.287 e. The number of nitrogens with one attached hydrogen (secondary N) is 1. The fraction of sp³-hybridized carbons (Fsp3) is 0.500. The summed E-state index contributed by atoms with van der Waals surface area (Å²) in [6.07, 6.45) is 0. The normalized spacial score (nSPS) is 16.7.